The molecule has 0 aliphatic rings. The van der Waals surface area contributed by atoms with Gasteiger partial charge in [0.15, 0.2) is 0 Å². The summed E-state index contributed by atoms with van der Waals surface area (Å²) in [6, 6.07) is 3.49. The van der Waals surface area contributed by atoms with Crippen molar-refractivity contribution >= 4 is 5.97 Å². The van der Waals surface area contributed by atoms with Crippen LogP contribution >= 0.6 is 0 Å². The minimum absolute atomic E-state index is 0.436. The third-order valence-corrected chi connectivity index (χ3v) is 2.98. The van der Waals surface area contributed by atoms with Gasteiger partial charge in [-0.3, -0.25) is 4.79 Å². The zero-order chi connectivity index (χ0) is 13.2. The van der Waals surface area contributed by atoms with Crippen LogP contribution < -0.4 is 0 Å². The Bertz CT molecular complexity index is 428. The second-order valence-electron chi connectivity index (χ2n) is 4.33. The molecule has 0 saturated heterocycles. The molecule has 17 heavy (non-hydrogen) atoms. The Morgan fingerprint density at radius 3 is 2.18 bits per heavy atom. The number of hydrogen-bond donors (Lipinski definition) is 1. The predicted molar refractivity (Wildman–Crippen MR) is 61.7 cm³/mol. The van der Waals surface area contributed by atoms with Crippen LogP contribution in [0.4, 0.5) is 8.78 Å². The van der Waals surface area contributed by atoms with Crippen LogP contribution in [-0.2, 0) is 4.79 Å². The summed E-state index contributed by atoms with van der Waals surface area (Å²) in [5.41, 5.74) is 3.08. The van der Waals surface area contributed by atoms with Gasteiger partial charge in [-0.1, -0.05) is 12.1 Å². The highest BCUT2D eigenvalue weighted by atomic mass is 19.3. The number of alkyl halides is 2. The zero-order valence-corrected chi connectivity index (χ0v) is 10.1. The van der Waals surface area contributed by atoms with Gasteiger partial charge >= 0.3 is 5.97 Å². The van der Waals surface area contributed by atoms with Crippen molar-refractivity contribution in [2.75, 3.05) is 0 Å². The predicted octanol–water partition coefficient (Wildman–Crippen LogP) is 3.44. The van der Waals surface area contributed by atoms with Crippen LogP contribution in [0.25, 0.3) is 0 Å². The summed E-state index contributed by atoms with van der Waals surface area (Å²) in [5, 5.41) is 8.68. The largest absolute Gasteiger partial charge is 0.481 e. The van der Waals surface area contributed by atoms with Gasteiger partial charge in [0.05, 0.1) is 12.3 Å². The molecule has 0 aromatic heterocycles. The lowest BCUT2D eigenvalue weighted by Crippen LogP contribution is -2.15. The Kier molecular flexibility index (Phi) is 4.21. The molecule has 0 saturated carbocycles. The Hall–Kier alpha value is -1.45. The third-order valence-electron chi connectivity index (χ3n) is 2.98. The zero-order valence-electron chi connectivity index (χ0n) is 10.1. The molecule has 2 nitrogen and oxygen atoms in total. The standard InChI is InChI=1S/C13H16F2O2/c1-7-4-9(3)10(5-8(7)2)11(13(14)15)6-12(16)17/h4-5,11,13H,6H2,1-3H3,(H,16,17). The summed E-state index contributed by atoms with van der Waals surface area (Å²) in [4.78, 5) is 10.6. The van der Waals surface area contributed by atoms with Crippen LogP contribution in [-0.4, -0.2) is 17.5 Å². The first-order valence-electron chi connectivity index (χ1n) is 5.40. The van der Waals surface area contributed by atoms with E-state index >= 15 is 0 Å². The number of carbonyl (C=O) groups is 1. The van der Waals surface area contributed by atoms with Gasteiger partial charge in [0, 0.05) is 0 Å². The van der Waals surface area contributed by atoms with Crippen LogP contribution in [0, 0.1) is 20.8 Å². The molecule has 0 aliphatic heterocycles. The average Bonchev–Trinajstić information content (AvgIpc) is 2.20. The van der Waals surface area contributed by atoms with Crippen LogP contribution in [0.5, 0.6) is 0 Å². The molecule has 0 bridgehead atoms. The number of benzene rings is 1. The lowest BCUT2D eigenvalue weighted by molar-refractivity contribution is -0.138. The maximum atomic E-state index is 12.9. The van der Waals surface area contributed by atoms with E-state index in [0.717, 1.165) is 16.7 Å². The van der Waals surface area contributed by atoms with Gasteiger partial charge in [-0.25, -0.2) is 8.78 Å². The van der Waals surface area contributed by atoms with Crippen molar-refractivity contribution < 1.29 is 18.7 Å². The van der Waals surface area contributed by atoms with Gasteiger partial charge in [-0.15, -0.1) is 0 Å². The molecule has 1 N–H and O–H groups in total. The van der Waals surface area contributed by atoms with Gasteiger partial charge in [0.25, 0.3) is 0 Å². The molecule has 4 heteroatoms. The highest BCUT2D eigenvalue weighted by molar-refractivity contribution is 5.68. The fourth-order valence-corrected chi connectivity index (χ4v) is 1.91. The SMILES string of the molecule is Cc1cc(C)c(C(CC(=O)O)C(F)F)cc1C. The van der Waals surface area contributed by atoms with Crippen molar-refractivity contribution in [2.24, 2.45) is 0 Å². The number of aliphatic carboxylic acids is 1. The van der Waals surface area contributed by atoms with Crippen LogP contribution in [0.15, 0.2) is 12.1 Å². The molecule has 0 aliphatic carbocycles. The van der Waals surface area contributed by atoms with Crippen molar-refractivity contribution in [3.63, 3.8) is 0 Å². The van der Waals surface area contributed by atoms with Gasteiger partial charge in [-0.05, 0) is 43.0 Å². The molecule has 0 amide bonds. The topological polar surface area (TPSA) is 37.3 Å². The van der Waals surface area contributed by atoms with Gasteiger partial charge in [0.1, 0.15) is 0 Å². The van der Waals surface area contributed by atoms with Crippen molar-refractivity contribution in [3.05, 3.63) is 34.4 Å². The van der Waals surface area contributed by atoms with Crippen molar-refractivity contribution in [1.82, 2.24) is 0 Å². The highest BCUT2D eigenvalue weighted by Crippen LogP contribution is 2.31. The van der Waals surface area contributed by atoms with Gasteiger partial charge in [0.2, 0.25) is 6.43 Å². The van der Waals surface area contributed by atoms with E-state index in [4.69, 9.17) is 5.11 Å². The van der Waals surface area contributed by atoms with E-state index in [2.05, 4.69) is 0 Å². The fourth-order valence-electron chi connectivity index (χ4n) is 1.91. The second kappa shape index (κ2) is 5.25. The Labute approximate surface area is 99.3 Å². The first-order valence-corrected chi connectivity index (χ1v) is 5.40. The molecular formula is C13H16F2O2. The maximum Gasteiger partial charge on any atom is 0.304 e. The molecule has 94 valence electrons. The summed E-state index contributed by atoms with van der Waals surface area (Å²) < 4.78 is 25.8. The molecule has 0 radical (unpaired) electrons. The summed E-state index contributed by atoms with van der Waals surface area (Å²) in [6.45, 7) is 5.47. The Balaban J connectivity index is 3.18. The fraction of sp³-hybridized carbons (Fsp3) is 0.462. The number of halogens is 2. The molecule has 1 aromatic carbocycles. The van der Waals surface area contributed by atoms with Crippen molar-refractivity contribution in [2.45, 2.75) is 39.5 Å². The first kappa shape index (κ1) is 13.6. The smallest absolute Gasteiger partial charge is 0.304 e. The Morgan fingerprint density at radius 1 is 1.18 bits per heavy atom. The van der Waals surface area contributed by atoms with Crippen LogP contribution in [0.3, 0.4) is 0 Å². The van der Waals surface area contributed by atoms with E-state index in [1.54, 1.807) is 13.0 Å². The van der Waals surface area contributed by atoms with E-state index in [-0.39, 0.29) is 0 Å². The van der Waals surface area contributed by atoms with Gasteiger partial charge < -0.3 is 5.11 Å². The number of carboxylic acid groups (broad SMARTS) is 1. The van der Waals surface area contributed by atoms with E-state index in [1.165, 1.54) is 0 Å². The molecule has 0 fully saturated rings. The van der Waals surface area contributed by atoms with Gasteiger partial charge in [-0.2, -0.15) is 0 Å². The minimum atomic E-state index is -2.66. The number of hydrogen-bond acceptors (Lipinski definition) is 1. The summed E-state index contributed by atoms with van der Waals surface area (Å²) in [5.74, 6) is -2.43. The van der Waals surface area contributed by atoms with E-state index < -0.39 is 24.7 Å². The average molecular weight is 242 g/mol. The van der Waals surface area contributed by atoms with Crippen LogP contribution in [0.2, 0.25) is 0 Å². The molecule has 1 aromatic rings. The van der Waals surface area contributed by atoms with Crippen molar-refractivity contribution in [1.29, 1.82) is 0 Å². The second-order valence-corrected chi connectivity index (χ2v) is 4.33. The number of rotatable bonds is 4. The summed E-state index contributed by atoms with van der Waals surface area (Å²) in [7, 11) is 0. The maximum absolute atomic E-state index is 12.9. The summed E-state index contributed by atoms with van der Waals surface area (Å²) >= 11 is 0. The van der Waals surface area contributed by atoms with Crippen LogP contribution in [0.1, 0.15) is 34.6 Å². The molecule has 1 unspecified atom stereocenters. The van der Waals surface area contributed by atoms with E-state index in [9.17, 15) is 13.6 Å². The summed E-state index contributed by atoms with van der Waals surface area (Å²) in [6.07, 6.45) is -3.20. The lowest BCUT2D eigenvalue weighted by Gasteiger charge is -2.18. The normalized spacial score (nSPS) is 12.8. The Morgan fingerprint density at radius 2 is 1.71 bits per heavy atom. The highest BCUT2D eigenvalue weighted by Gasteiger charge is 2.26. The molecule has 1 rings (SSSR count). The minimum Gasteiger partial charge on any atom is -0.481 e. The molecule has 0 heterocycles. The lowest BCUT2D eigenvalue weighted by atomic mass is 9.89. The molecule has 1 atom stereocenters. The first-order chi connectivity index (χ1) is 7.82. The monoisotopic (exact) mass is 242 g/mol. The van der Waals surface area contributed by atoms with E-state index in [0.29, 0.717) is 5.56 Å². The number of carboxylic acids is 1. The quantitative estimate of drug-likeness (QED) is 0.878. The van der Waals surface area contributed by atoms with Crippen molar-refractivity contribution in [3.8, 4) is 0 Å². The van der Waals surface area contributed by atoms with E-state index in [1.807, 2.05) is 19.9 Å². The number of aryl methyl sites for hydroxylation is 3. The molecular weight excluding hydrogens is 226 g/mol. The molecule has 0 spiro atoms. The third kappa shape index (κ3) is 3.25.